The fourth-order valence-electron chi connectivity index (χ4n) is 8.46. The zero-order valence-corrected chi connectivity index (χ0v) is 27.7. The van der Waals surface area contributed by atoms with Gasteiger partial charge in [0.15, 0.2) is 0 Å². The molecule has 0 amide bonds. The van der Waals surface area contributed by atoms with Crippen LogP contribution in [0.1, 0.15) is 92.2 Å². The maximum Gasteiger partial charge on any atom is 0.345 e. The van der Waals surface area contributed by atoms with Crippen LogP contribution in [0.5, 0.6) is 5.75 Å². The number of hydrogen-bond acceptors (Lipinski definition) is 11. The molecule has 250 valence electrons. The molecule has 11 nitrogen and oxygen atoms in total. The van der Waals surface area contributed by atoms with Crippen molar-refractivity contribution < 1.29 is 42.9 Å². The van der Waals surface area contributed by atoms with Gasteiger partial charge in [0.2, 0.25) is 0 Å². The van der Waals surface area contributed by atoms with Crippen molar-refractivity contribution in [3.05, 3.63) is 46.6 Å². The summed E-state index contributed by atoms with van der Waals surface area (Å²) in [6.45, 7) is 12.4. The van der Waals surface area contributed by atoms with E-state index in [2.05, 4.69) is 4.98 Å². The smallest absolute Gasteiger partial charge is 0.345 e. The summed E-state index contributed by atoms with van der Waals surface area (Å²) in [5, 5.41) is 12.2. The summed E-state index contributed by atoms with van der Waals surface area (Å²) in [6, 6.07) is 5.04. The molecule has 5 rings (SSSR count). The number of aromatic nitrogens is 1. The minimum atomic E-state index is -1.35. The van der Waals surface area contributed by atoms with Crippen LogP contribution in [0, 0.1) is 28.6 Å². The summed E-state index contributed by atoms with van der Waals surface area (Å²) in [4.78, 5) is 55.3. The Kier molecular flexibility index (Phi) is 9.11. The van der Waals surface area contributed by atoms with E-state index < -0.39 is 64.2 Å². The first kappa shape index (κ1) is 33.6. The molecule has 3 heterocycles. The van der Waals surface area contributed by atoms with Crippen molar-refractivity contribution in [2.24, 2.45) is 28.6 Å². The minimum Gasteiger partial charge on any atom is -0.482 e. The number of pyridine rings is 1. The summed E-state index contributed by atoms with van der Waals surface area (Å²) in [7, 11) is 0. The van der Waals surface area contributed by atoms with Crippen molar-refractivity contribution in [1.29, 1.82) is 0 Å². The molecule has 8 atom stereocenters. The number of nitrogens with zero attached hydrogens (tertiary/aromatic N) is 1. The highest BCUT2D eigenvalue weighted by Gasteiger charge is 2.70. The molecule has 2 aliphatic carbocycles. The first-order valence-corrected chi connectivity index (χ1v) is 16.1. The van der Waals surface area contributed by atoms with Crippen LogP contribution in [0.25, 0.3) is 11.3 Å². The molecule has 1 N–H and O–H groups in total. The fourth-order valence-corrected chi connectivity index (χ4v) is 8.46. The second-order valence-electron chi connectivity index (χ2n) is 14.3. The van der Waals surface area contributed by atoms with E-state index in [1.807, 2.05) is 34.6 Å². The second kappa shape index (κ2) is 12.5. The van der Waals surface area contributed by atoms with Gasteiger partial charge < -0.3 is 28.5 Å². The van der Waals surface area contributed by atoms with Gasteiger partial charge in [-0.15, -0.1) is 0 Å². The van der Waals surface area contributed by atoms with E-state index in [-0.39, 0.29) is 48.4 Å². The Bertz CT molecular complexity index is 1540. The summed E-state index contributed by atoms with van der Waals surface area (Å²) in [5.41, 5.74) is -3.11. The number of ether oxygens (including phenoxy) is 4. The van der Waals surface area contributed by atoms with Gasteiger partial charge in [0.25, 0.3) is 0 Å². The summed E-state index contributed by atoms with van der Waals surface area (Å²) < 4.78 is 30.1. The molecule has 3 aliphatic rings. The maximum absolute atomic E-state index is 13.6. The van der Waals surface area contributed by atoms with Crippen molar-refractivity contribution in [3.63, 3.8) is 0 Å². The molecular weight excluding hydrogens is 594 g/mol. The van der Waals surface area contributed by atoms with Gasteiger partial charge in [0.1, 0.15) is 41.5 Å². The van der Waals surface area contributed by atoms with E-state index in [0.29, 0.717) is 24.8 Å². The van der Waals surface area contributed by atoms with Gasteiger partial charge in [0, 0.05) is 55.6 Å². The van der Waals surface area contributed by atoms with E-state index >= 15 is 0 Å². The van der Waals surface area contributed by atoms with Crippen LogP contribution >= 0.6 is 0 Å². The van der Waals surface area contributed by atoms with Crippen molar-refractivity contribution >= 4 is 17.9 Å². The molecule has 2 saturated carbocycles. The number of carbonyl (C=O) groups is 3. The number of carbonyl (C=O) groups excluding carboxylic acids is 3. The zero-order valence-electron chi connectivity index (χ0n) is 27.7. The predicted molar refractivity (Wildman–Crippen MR) is 165 cm³/mol. The van der Waals surface area contributed by atoms with Gasteiger partial charge >= 0.3 is 23.5 Å². The Hall–Kier alpha value is -3.73. The standard InChI is InChI=1S/C35H45NO10/c1-19(2)10-11-28(39)45-27-16-25-33(5,13-12-26(43-21(4)38)34(25,6)18-42-20(3)37)31-30(40)29-24(46-35(27,31)7)15-23(44-32(29)41)22-9-8-14-36-17-22/h8-9,14-15,17,19,25-27,30-31,40H,10-13,16,18H2,1-7H3/t25-,26+,27+,30+,31-,33+,34+,35-/m1/s1. The number of esters is 3. The van der Waals surface area contributed by atoms with Crippen molar-refractivity contribution in [3.8, 4) is 17.1 Å². The Labute approximate surface area is 269 Å². The number of fused-ring (bicyclic) bond motifs is 4. The van der Waals surface area contributed by atoms with Crippen molar-refractivity contribution in [2.45, 2.75) is 104 Å². The Morgan fingerprint density at radius 3 is 2.48 bits per heavy atom. The number of hydrogen-bond donors (Lipinski definition) is 1. The van der Waals surface area contributed by atoms with Crippen molar-refractivity contribution in [2.75, 3.05) is 6.61 Å². The monoisotopic (exact) mass is 639 g/mol. The van der Waals surface area contributed by atoms with E-state index in [0.717, 1.165) is 0 Å². The maximum atomic E-state index is 13.6. The van der Waals surface area contributed by atoms with Crippen LogP contribution in [0.15, 0.2) is 39.8 Å². The molecule has 2 aromatic heterocycles. The SMILES string of the molecule is CC(=O)OC[C@@]1(C)[C@@H]2C[C@H](OC(=O)CCC(C)C)[C@@]3(C)Oc4cc(-c5cccnc5)oc(=O)c4[C@H](O)[C@@H]3[C@@]2(C)CC[C@@H]1OC(C)=O. The van der Waals surface area contributed by atoms with Crippen LogP contribution in [0.4, 0.5) is 0 Å². The Morgan fingerprint density at radius 2 is 1.85 bits per heavy atom. The number of rotatable bonds is 8. The molecule has 0 radical (unpaired) electrons. The highest BCUT2D eigenvalue weighted by atomic mass is 16.6. The lowest BCUT2D eigenvalue weighted by Gasteiger charge is -2.66. The van der Waals surface area contributed by atoms with Gasteiger partial charge in [-0.3, -0.25) is 19.4 Å². The Morgan fingerprint density at radius 1 is 1.11 bits per heavy atom. The molecule has 0 aromatic carbocycles. The largest absolute Gasteiger partial charge is 0.482 e. The molecule has 0 bridgehead atoms. The summed E-state index contributed by atoms with van der Waals surface area (Å²) >= 11 is 0. The van der Waals surface area contributed by atoms with Gasteiger partial charge in [-0.05, 0) is 62.0 Å². The third-order valence-electron chi connectivity index (χ3n) is 10.6. The fraction of sp³-hybridized carbons (Fsp3) is 0.629. The lowest BCUT2D eigenvalue weighted by molar-refractivity contribution is -0.271. The number of aliphatic hydroxyl groups is 1. The predicted octanol–water partition coefficient (Wildman–Crippen LogP) is 5.17. The van der Waals surface area contributed by atoms with Gasteiger partial charge in [-0.1, -0.05) is 27.7 Å². The molecule has 0 spiro atoms. The first-order chi connectivity index (χ1) is 21.6. The lowest BCUT2D eigenvalue weighted by Crippen LogP contribution is -2.71. The third-order valence-corrected chi connectivity index (χ3v) is 10.6. The molecule has 0 unspecified atom stereocenters. The molecule has 0 saturated heterocycles. The van der Waals surface area contributed by atoms with E-state index in [4.69, 9.17) is 23.4 Å². The van der Waals surface area contributed by atoms with Gasteiger partial charge in [-0.25, -0.2) is 4.79 Å². The zero-order chi connectivity index (χ0) is 33.6. The van der Waals surface area contributed by atoms with Crippen LogP contribution in [-0.2, 0) is 28.6 Å². The molecule has 11 heteroatoms. The molecule has 1 aliphatic heterocycles. The molecule has 2 fully saturated rings. The van der Waals surface area contributed by atoms with Crippen LogP contribution in [-0.4, -0.2) is 52.4 Å². The Balaban J connectivity index is 1.65. The minimum absolute atomic E-state index is 0.00864. The summed E-state index contributed by atoms with van der Waals surface area (Å²) in [6.07, 6.45) is 2.38. The highest BCUT2D eigenvalue weighted by Crippen LogP contribution is 2.67. The topological polar surface area (TPSA) is 151 Å². The highest BCUT2D eigenvalue weighted by molar-refractivity contribution is 5.70. The average Bonchev–Trinajstić information content (AvgIpc) is 2.97. The first-order valence-electron chi connectivity index (χ1n) is 16.1. The van der Waals surface area contributed by atoms with E-state index in [1.54, 1.807) is 30.6 Å². The van der Waals surface area contributed by atoms with E-state index in [9.17, 15) is 24.3 Å². The van der Waals surface area contributed by atoms with Crippen LogP contribution in [0.3, 0.4) is 0 Å². The average molecular weight is 640 g/mol. The normalized spacial score (nSPS) is 33.1. The summed E-state index contributed by atoms with van der Waals surface area (Å²) in [5.74, 6) is -1.82. The molecular formula is C35H45NO10. The third kappa shape index (κ3) is 5.94. The van der Waals surface area contributed by atoms with Gasteiger partial charge in [0.05, 0.1) is 6.10 Å². The van der Waals surface area contributed by atoms with Gasteiger partial charge in [-0.2, -0.15) is 0 Å². The number of aliphatic hydroxyl groups excluding tert-OH is 1. The van der Waals surface area contributed by atoms with Crippen molar-refractivity contribution in [1.82, 2.24) is 4.98 Å². The molecule has 2 aromatic rings. The van der Waals surface area contributed by atoms with Crippen LogP contribution < -0.4 is 10.4 Å². The van der Waals surface area contributed by atoms with Crippen LogP contribution in [0.2, 0.25) is 0 Å². The second-order valence-corrected chi connectivity index (χ2v) is 14.3. The lowest BCUT2D eigenvalue weighted by atomic mass is 9.42. The van der Waals surface area contributed by atoms with E-state index in [1.165, 1.54) is 13.8 Å². The molecule has 46 heavy (non-hydrogen) atoms. The quantitative estimate of drug-likeness (QED) is 0.301.